The van der Waals surface area contributed by atoms with Crippen LogP contribution in [0.5, 0.6) is 0 Å². The second-order valence-corrected chi connectivity index (χ2v) is 5.57. The van der Waals surface area contributed by atoms with Crippen LogP contribution in [0.15, 0.2) is 17.4 Å². The Morgan fingerprint density at radius 3 is 2.86 bits per heavy atom. The third-order valence-electron chi connectivity index (χ3n) is 4.11. The van der Waals surface area contributed by atoms with Crippen LogP contribution in [-0.4, -0.2) is 53.4 Å². The molecule has 0 aromatic carbocycles. The van der Waals surface area contributed by atoms with Gasteiger partial charge in [-0.25, -0.2) is 0 Å². The van der Waals surface area contributed by atoms with E-state index < -0.39 is 0 Å². The third kappa shape index (κ3) is 3.88. The monoisotopic (exact) mass is 405 g/mol. The number of nitrogens with one attached hydrogen (secondary N) is 1. The molecule has 1 aromatic rings. The summed E-state index contributed by atoms with van der Waals surface area (Å²) >= 11 is 0. The van der Waals surface area contributed by atoms with Gasteiger partial charge in [0.05, 0.1) is 19.3 Å². The molecule has 0 spiro atoms. The largest absolute Gasteiger partial charge is 0.370 e. The van der Waals surface area contributed by atoms with Gasteiger partial charge in [-0.2, -0.15) is 5.10 Å². The molecule has 1 saturated heterocycles. The maximum Gasteiger partial charge on any atom is 0.194 e. The summed E-state index contributed by atoms with van der Waals surface area (Å²) in [6.07, 6.45) is 7.84. The summed E-state index contributed by atoms with van der Waals surface area (Å²) in [7, 11) is 3.79. The van der Waals surface area contributed by atoms with Crippen molar-refractivity contribution in [3.8, 4) is 0 Å². The minimum atomic E-state index is 0. The summed E-state index contributed by atoms with van der Waals surface area (Å²) in [4.78, 5) is 6.71. The van der Waals surface area contributed by atoms with E-state index in [1.165, 1.54) is 19.3 Å². The molecular formula is C14H24IN5O. The van der Waals surface area contributed by atoms with Crippen LogP contribution in [0.25, 0.3) is 0 Å². The Hall–Kier alpha value is -0.830. The molecule has 1 aliphatic heterocycles. The first-order valence-corrected chi connectivity index (χ1v) is 7.34. The Morgan fingerprint density at radius 2 is 2.29 bits per heavy atom. The number of morpholine rings is 1. The van der Waals surface area contributed by atoms with Gasteiger partial charge in [-0.05, 0) is 19.3 Å². The Morgan fingerprint density at radius 1 is 1.48 bits per heavy atom. The lowest BCUT2D eigenvalue weighted by Gasteiger charge is -2.37. The average molecular weight is 405 g/mol. The quantitative estimate of drug-likeness (QED) is 0.461. The molecule has 1 atom stereocenters. The number of aliphatic imine (C=N–C) groups is 1. The van der Waals surface area contributed by atoms with Gasteiger partial charge in [-0.3, -0.25) is 9.67 Å². The van der Waals surface area contributed by atoms with Crippen LogP contribution in [0.4, 0.5) is 0 Å². The van der Waals surface area contributed by atoms with Gasteiger partial charge in [0.25, 0.3) is 0 Å². The second-order valence-electron chi connectivity index (χ2n) is 5.57. The minimum absolute atomic E-state index is 0. The molecule has 2 heterocycles. The summed E-state index contributed by atoms with van der Waals surface area (Å²) in [5, 5.41) is 7.77. The van der Waals surface area contributed by atoms with Crippen molar-refractivity contribution in [1.82, 2.24) is 20.0 Å². The number of hydrogen-bond donors (Lipinski definition) is 1. The van der Waals surface area contributed by atoms with Crippen LogP contribution >= 0.6 is 24.0 Å². The smallest absolute Gasteiger partial charge is 0.194 e. The average Bonchev–Trinajstić information content (AvgIpc) is 2.85. The highest BCUT2D eigenvalue weighted by atomic mass is 127. The molecule has 6 nitrogen and oxygen atoms in total. The lowest BCUT2D eigenvalue weighted by atomic mass is 9.93. The van der Waals surface area contributed by atoms with Crippen molar-refractivity contribution in [2.75, 3.05) is 26.7 Å². The van der Waals surface area contributed by atoms with Crippen molar-refractivity contribution in [3.05, 3.63) is 18.0 Å². The molecule has 2 aliphatic rings. The summed E-state index contributed by atoms with van der Waals surface area (Å²) in [5.41, 5.74) is 1.14. The number of rotatable bonds is 2. The lowest BCUT2D eigenvalue weighted by Crippen LogP contribution is -2.52. The van der Waals surface area contributed by atoms with Crippen LogP contribution in [0.3, 0.4) is 0 Å². The fraction of sp³-hybridized carbons (Fsp3) is 0.714. The van der Waals surface area contributed by atoms with Crippen LogP contribution in [0, 0.1) is 0 Å². The fourth-order valence-electron chi connectivity index (χ4n) is 2.68. The maximum absolute atomic E-state index is 5.87. The second kappa shape index (κ2) is 7.44. The van der Waals surface area contributed by atoms with Gasteiger partial charge >= 0.3 is 0 Å². The predicted octanol–water partition coefficient (Wildman–Crippen LogP) is 1.54. The molecule has 1 aromatic heterocycles. The third-order valence-corrected chi connectivity index (χ3v) is 4.11. The van der Waals surface area contributed by atoms with Crippen LogP contribution in [0.1, 0.15) is 30.9 Å². The first-order chi connectivity index (χ1) is 9.76. The van der Waals surface area contributed by atoms with Gasteiger partial charge in [-0.15, -0.1) is 24.0 Å². The van der Waals surface area contributed by atoms with Gasteiger partial charge in [0.1, 0.15) is 6.10 Å². The summed E-state index contributed by atoms with van der Waals surface area (Å²) in [5.74, 6) is 1.01. The van der Waals surface area contributed by atoms with E-state index in [1.54, 1.807) is 0 Å². The van der Waals surface area contributed by atoms with Crippen molar-refractivity contribution in [2.45, 2.75) is 31.4 Å². The SMILES string of the molecule is CN=C(NC1CCC1)N1CCOC(c2cnn(C)c2)C1.I. The number of hydrogen-bond acceptors (Lipinski definition) is 3. The zero-order valence-electron chi connectivity index (χ0n) is 12.7. The number of ether oxygens (including phenoxy) is 1. The highest BCUT2D eigenvalue weighted by molar-refractivity contribution is 14.0. The zero-order valence-corrected chi connectivity index (χ0v) is 15.0. The molecule has 21 heavy (non-hydrogen) atoms. The van der Waals surface area contributed by atoms with Crippen molar-refractivity contribution in [2.24, 2.45) is 12.0 Å². The van der Waals surface area contributed by atoms with E-state index in [-0.39, 0.29) is 30.1 Å². The normalized spacial score (nSPS) is 23.4. The molecule has 7 heteroatoms. The standard InChI is InChI=1S/C14H23N5O.HI/c1-15-14(17-12-4-3-5-12)19-6-7-20-13(10-19)11-8-16-18(2)9-11;/h8-9,12-13H,3-7,10H2,1-2H3,(H,15,17);1H. The molecule has 1 saturated carbocycles. The van der Waals surface area contributed by atoms with Crippen molar-refractivity contribution < 1.29 is 4.74 Å². The molecule has 1 N–H and O–H groups in total. The molecule has 0 radical (unpaired) electrons. The summed E-state index contributed by atoms with van der Waals surface area (Å²) in [6.45, 7) is 2.45. The maximum atomic E-state index is 5.87. The molecule has 3 rings (SSSR count). The van der Waals surface area contributed by atoms with E-state index in [1.807, 2.05) is 31.2 Å². The van der Waals surface area contributed by atoms with Gasteiger partial charge in [0, 0.05) is 38.4 Å². The van der Waals surface area contributed by atoms with Crippen molar-refractivity contribution >= 4 is 29.9 Å². The first-order valence-electron chi connectivity index (χ1n) is 7.34. The topological polar surface area (TPSA) is 54.7 Å². The van der Waals surface area contributed by atoms with E-state index in [0.717, 1.165) is 31.2 Å². The van der Waals surface area contributed by atoms with E-state index >= 15 is 0 Å². The highest BCUT2D eigenvalue weighted by Gasteiger charge is 2.27. The number of halogens is 1. The van der Waals surface area contributed by atoms with Gasteiger partial charge in [-0.1, -0.05) is 0 Å². The number of aromatic nitrogens is 2. The van der Waals surface area contributed by atoms with Crippen molar-refractivity contribution in [1.29, 1.82) is 0 Å². The lowest BCUT2D eigenvalue weighted by molar-refractivity contribution is -0.00841. The minimum Gasteiger partial charge on any atom is -0.370 e. The van der Waals surface area contributed by atoms with Crippen LogP contribution in [0.2, 0.25) is 0 Å². The van der Waals surface area contributed by atoms with Crippen LogP contribution in [-0.2, 0) is 11.8 Å². The highest BCUT2D eigenvalue weighted by Crippen LogP contribution is 2.23. The number of aryl methyl sites for hydroxylation is 1. The summed E-state index contributed by atoms with van der Waals surface area (Å²) < 4.78 is 7.69. The van der Waals surface area contributed by atoms with Gasteiger partial charge in [0.2, 0.25) is 0 Å². The number of guanidine groups is 1. The molecule has 118 valence electrons. The fourth-order valence-corrected chi connectivity index (χ4v) is 2.68. The zero-order chi connectivity index (χ0) is 13.9. The van der Waals surface area contributed by atoms with E-state index in [0.29, 0.717) is 6.04 Å². The van der Waals surface area contributed by atoms with Crippen molar-refractivity contribution in [3.63, 3.8) is 0 Å². The van der Waals surface area contributed by atoms with Gasteiger partial charge < -0.3 is 15.0 Å². The Labute approximate surface area is 143 Å². The first kappa shape index (κ1) is 16.5. The molecule has 1 aliphatic carbocycles. The van der Waals surface area contributed by atoms with Gasteiger partial charge in [0.15, 0.2) is 5.96 Å². The molecular weight excluding hydrogens is 381 g/mol. The number of nitrogens with zero attached hydrogens (tertiary/aromatic N) is 4. The Balaban J connectivity index is 0.00000161. The summed E-state index contributed by atoms with van der Waals surface area (Å²) in [6, 6.07) is 0.605. The Kier molecular flexibility index (Phi) is 5.86. The van der Waals surface area contributed by atoms with E-state index in [9.17, 15) is 0 Å². The van der Waals surface area contributed by atoms with E-state index in [2.05, 4.69) is 20.3 Å². The molecule has 0 amide bonds. The van der Waals surface area contributed by atoms with Crippen LogP contribution < -0.4 is 5.32 Å². The molecule has 2 fully saturated rings. The molecule has 0 bridgehead atoms. The van der Waals surface area contributed by atoms with E-state index in [4.69, 9.17) is 4.74 Å². The molecule has 1 unspecified atom stereocenters. The Bertz CT molecular complexity index is 485. The predicted molar refractivity (Wildman–Crippen MR) is 93.0 cm³/mol.